The van der Waals surface area contributed by atoms with Crippen molar-refractivity contribution in [1.82, 2.24) is 25.3 Å². The second-order valence-corrected chi connectivity index (χ2v) is 5.53. The van der Waals surface area contributed by atoms with E-state index in [2.05, 4.69) is 20.6 Å². The quantitative estimate of drug-likeness (QED) is 0.892. The average molecular weight is 273 g/mol. The Kier molecular flexibility index (Phi) is 3.08. The van der Waals surface area contributed by atoms with E-state index in [0.29, 0.717) is 11.5 Å². The van der Waals surface area contributed by atoms with Gasteiger partial charge in [-0.05, 0) is 26.7 Å². The minimum absolute atomic E-state index is 0.0606. The lowest BCUT2D eigenvalue weighted by Crippen LogP contribution is -2.27. The first-order valence-electron chi connectivity index (χ1n) is 6.90. The van der Waals surface area contributed by atoms with E-state index >= 15 is 0 Å². The Morgan fingerprint density at radius 2 is 2.30 bits per heavy atom. The summed E-state index contributed by atoms with van der Waals surface area (Å²) < 4.78 is 1.73. The maximum absolute atomic E-state index is 12.5. The Bertz CT molecular complexity index is 638. The molecule has 2 N–H and O–H groups in total. The SMILES string of the molecule is Cc1[nH]nc(C2CC2)c1C(=O)N[C@H](C)c1cnn(C)c1. The highest BCUT2D eigenvalue weighted by atomic mass is 16.1. The Morgan fingerprint density at radius 3 is 2.90 bits per heavy atom. The van der Waals surface area contributed by atoms with Gasteiger partial charge in [-0.3, -0.25) is 14.6 Å². The topological polar surface area (TPSA) is 75.6 Å². The fourth-order valence-corrected chi connectivity index (χ4v) is 2.40. The van der Waals surface area contributed by atoms with Crippen LogP contribution >= 0.6 is 0 Å². The van der Waals surface area contributed by atoms with Crippen LogP contribution in [-0.2, 0) is 7.05 Å². The van der Waals surface area contributed by atoms with Crippen LogP contribution in [0.5, 0.6) is 0 Å². The summed E-state index contributed by atoms with van der Waals surface area (Å²) in [5.74, 6) is 0.393. The van der Waals surface area contributed by atoms with Crippen molar-refractivity contribution in [2.24, 2.45) is 7.05 Å². The van der Waals surface area contributed by atoms with Crippen molar-refractivity contribution in [2.45, 2.75) is 38.6 Å². The first-order valence-corrected chi connectivity index (χ1v) is 6.90. The molecule has 2 heterocycles. The number of hydrogen-bond acceptors (Lipinski definition) is 3. The molecule has 20 heavy (non-hydrogen) atoms. The molecule has 1 aliphatic rings. The van der Waals surface area contributed by atoms with Crippen molar-refractivity contribution in [3.05, 3.63) is 34.9 Å². The summed E-state index contributed by atoms with van der Waals surface area (Å²) in [5.41, 5.74) is 3.46. The number of hydrogen-bond donors (Lipinski definition) is 2. The predicted molar refractivity (Wildman–Crippen MR) is 74.4 cm³/mol. The fraction of sp³-hybridized carbons (Fsp3) is 0.500. The zero-order chi connectivity index (χ0) is 14.3. The van der Waals surface area contributed by atoms with Crippen LogP contribution in [0.1, 0.15) is 59.0 Å². The van der Waals surface area contributed by atoms with Crippen molar-refractivity contribution in [1.29, 1.82) is 0 Å². The molecular weight excluding hydrogens is 254 g/mol. The molecule has 1 amide bonds. The highest BCUT2D eigenvalue weighted by molar-refractivity contribution is 5.96. The number of rotatable bonds is 4. The number of aromatic amines is 1. The Labute approximate surface area is 117 Å². The van der Waals surface area contributed by atoms with E-state index in [0.717, 1.165) is 29.8 Å². The molecule has 1 saturated carbocycles. The molecule has 1 atom stereocenters. The summed E-state index contributed by atoms with van der Waals surface area (Å²) >= 11 is 0. The van der Waals surface area contributed by atoms with Crippen LogP contribution in [0.15, 0.2) is 12.4 Å². The monoisotopic (exact) mass is 273 g/mol. The number of nitrogens with one attached hydrogen (secondary N) is 2. The van der Waals surface area contributed by atoms with Gasteiger partial charge in [0.05, 0.1) is 23.5 Å². The minimum Gasteiger partial charge on any atom is -0.345 e. The van der Waals surface area contributed by atoms with E-state index < -0.39 is 0 Å². The van der Waals surface area contributed by atoms with Crippen molar-refractivity contribution in [3.8, 4) is 0 Å². The Balaban J connectivity index is 1.77. The molecule has 6 nitrogen and oxygen atoms in total. The summed E-state index contributed by atoms with van der Waals surface area (Å²) in [7, 11) is 1.86. The predicted octanol–water partition coefficient (Wildman–Crippen LogP) is 1.82. The van der Waals surface area contributed by atoms with Gasteiger partial charge in [0.2, 0.25) is 0 Å². The van der Waals surface area contributed by atoms with Gasteiger partial charge in [0.1, 0.15) is 0 Å². The number of nitrogens with zero attached hydrogens (tertiary/aromatic N) is 3. The van der Waals surface area contributed by atoms with Gasteiger partial charge in [-0.15, -0.1) is 0 Å². The molecule has 1 aliphatic carbocycles. The Morgan fingerprint density at radius 1 is 1.55 bits per heavy atom. The van der Waals surface area contributed by atoms with E-state index in [-0.39, 0.29) is 11.9 Å². The molecule has 0 saturated heterocycles. The van der Waals surface area contributed by atoms with E-state index in [1.54, 1.807) is 10.9 Å². The molecule has 1 fully saturated rings. The molecule has 2 aromatic rings. The van der Waals surface area contributed by atoms with E-state index in [9.17, 15) is 4.79 Å². The smallest absolute Gasteiger partial charge is 0.255 e. The first kappa shape index (κ1) is 12.9. The number of aryl methyl sites for hydroxylation is 2. The van der Waals surface area contributed by atoms with E-state index in [1.165, 1.54) is 0 Å². The largest absolute Gasteiger partial charge is 0.345 e. The molecule has 2 aromatic heterocycles. The second kappa shape index (κ2) is 4.77. The molecule has 0 radical (unpaired) electrons. The maximum atomic E-state index is 12.5. The third-order valence-electron chi connectivity index (χ3n) is 3.74. The molecule has 0 unspecified atom stereocenters. The third-order valence-corrected chi connectivity index (χ3v) is 3.74. The lowest BCUT2D eigenvalue weighted by Gasteiger charge is -2.12. The maximum Gasteiger partial charge on any atom is 0.255 e. The van der Waals surface area contributed by atoms with Crippen LogP contribution in [0.25, 0.3) is 0 Å². The third kappa shape index (κ3) is 2.33. The molecule has 0 spiro atoms. The van der Waals surface area contributed by atoms with Crippen LogP contribution in [0.2, 0.25) is 0 Å². The lowest BCUT2D eigenvalue weighted by molar-refractivity contribution is 0.0938. The molecule has 106 valence electrons. The highest BCUT2D eigenvalue weighted by Crippen LogP contribution is 2.41. The average Bonchev–Trinajstić information content (AvgIpc) is 3.03. The number of H-pyrrole nitrogens is 1. The summed E-state index contributed by atoms with van der Waals surface area (Å²) in [5, 5.41) is 14.4. The summed E-state index contributed by atoms with van der Waals surface area (Å²) in [6.07, 6.45) is 5.94. The first-order chi connectivity index (χ1) is 9.56. The standard InChI is InChI=1S/C14H19N5O/c1-8(11-6-15-19(3)7-11)16-14(20)12-9(2)17-18-13(12)10-4-5-10/h6-8,10H,4-5H2,1-3H3,(H,16,20)(H,17,18)/t8-/m1/s1. The molecule has 6 heteroatoms. The van der Waals surface area contributed by atoms with Gasteiger partial charge in [0.15, 0.2) is 0 Å². The normalized spacial score (nSPS) is 16.1. The van der Waals surface area contributed by atoms with Gasteiger partial charge in [0, 0.05) is 30.4 Å². The van der Waals surface area contributed by atoms with E-state index in [1.807, 2.05) is 27.1 Å². The van der Waals surface area contributed by atoms with Crippen LogP contribution in [0.4, 0.5) is 0 Å². The second-order valence-electron chi connectivity index (χ2n) is 5.53. The number of carbonyl (C=O) groups excluding carboxylic acids is 1. The number of carbonyl (C=O) groups is 1. The summed E-state index contributed by atoms with van der Waals surface area (Å²) in [6.45, 7) is 3.85. The lowest BCUT2D eigenvalue weighted by atomic mass is 10.1. The van der Waals surface area contributed by atoms with Crippen LogP contribution in [-0.4, -0.2) is 25.9 Å². The molecular formula is C14H19N5O. The van der Waals surface area contributed by atoms with Crippen LogP contribution in [0, 0.1) is 6.92 Å². The fourth-order valence-electron chi connectivity index (χ4n) is 2.40. The molecule has 0 bridgehead atoms. The van der Waals surface area contributed by atoms with Gasteiger partial charge in [0.25, 0.3) is 5.91 Å². The molecule has 0 aliphatic heterocycles. The Hall–Kier alpha value is -2.11. The van der Waals surface area contributed by atoms with Gasteiger partial charge in [-0.25, -0.2) is 0 Å². The van der Waals surface area contributed by atoms with Gasteiger partial charge >= 0.3 is 0 Å². The molecule has 0 aromatic carbocycles. The van der Waals surface area contributed by atoms with Crippen LogP contribution < -0.4 is 5.32 Å². The molecule has 3 rings (SSSR count). The highest BCUT2D eigenvalue weighted by Gasteiger charge is 2.32. The van der Waals surface area contributed by atoms with Crippen molar-refractivity contribution in [2.75, 3.05) is 0 Å². The minimum atomic E-state index is -0.0717. The summed E-state index contributed by atoms with van der Waals surface area (Å²) in [4.78, 5) is 12.5. The number of amides is 1. The zero-order valence-corrected chi connectivity index (χ0v) is 12.0. The van der Waals surface area contributed by atoms with Gasteiger partial charge in [-0.2, -0.15) is 10.2 Å². The van der Waals surface area contributed by atoms with Crippen molar-refractivity contribution in [3.63, 3.8) is 0 Å². The van der Waals surface area contributed by atoms with Crippen molar-refractivity contribution >= 4 is 5.91 Å². The van der Waals surface area contributed by atoms with Crippen LogP contribution in [0.3, 0.4) is 0 Å². The zero-order valence-electron chi connectivity index (χ0n) is 12.0. The van der Waals surface area contributed by atoms with Gasteiger partial charge < -0.3 is 5.32 Å². The van der Waals surface area contributed by atoms with Gasteiger partial charge in [-0.1, -0.05) is 0 Å². The van der Waals surface area contributed by atoms with E-state index in [4.69, 9.17) is 0 Å². The number of aromatic nitrogens is 4. The summed E-state index contributed by atoms with van der Waals surface area (Å²) in [6, 6.07) is -0.0717. The van der Waals surface area contributed by atoms with Crippen molar-refractivity contribution < 1.29 is 4.79 Å².